The summed E-state index contributed by atoms with van der Waals surface area (Å²) in [6, 6.07) is 165. The number of aryl methyl sites for hydroxylation is 2. The van der Waals surface area contributed by atoms with E-state index in [1.807, 2.05) is 0 Å². The maximum Gasteiger partial charge on any atom is 0.0541 e. The summed E-state index contributed by atoms with van der Waals surface area (Å²) in [6.07, 6.45) is 0. The number of aromatic nitrogens is 2. The molecule has 0 radical (unpaired) electrons. The van der Waals surface area contributed by atoms with Crippen LogP contribution in [0.1, 0.15) is 11.1 Å². The minimum absolute atomic E-state index is 1.10. The molecule has 0 saturated heterocycles. The van der Waals surface area contributed by atoms with Crippen LogP contribution in [0, 0.1) is 13.8 Å². The molecule has 122 heavy (non-hydrogen) atoms. The van der Waals surface area contributed by atoms with Crippen LogP contribution in [0.15, 0.2) is 449 Å². The van der Waals surface area contributed by atoms with E-state index in [0.29, 0.717) is 0 Å². The zero-order chi connectivity index (χ0) is 80.9. The molecule has 4 nitrogen and oxygen atoms in total. The van der Waals surface area contributed by atoms with Crippen LogP contribution in [0.4, 0.5) is 34.1 Å². The highest BCUT2D eigenvalue weighted by Gasteiger charge is 2.26. The molecule has 0 atom stereocenters. The molecule has 2 aromatic heterocycles. The second-order valence-corrected chi connectivity index (χ2v) is 32.3. The lowest BCUT2D eigenvalue weighted by atomic mass is 9.83. The number of nitrogens with zero attached hydrogens (tertiary/aromatic N) is 4. The molecule has 24 rings (SSSR count). The third-order valence-electron chi connectivity index (χ3n) is 25.2. The lowest BCUT2D eigenvalue weighted by Crippen LogP contribution is -2.10. The Morgan fingerprint density at radius 3 is 0.844 bits per heavy atom. The molecule has 0 spiro atoms. The van der Waals surface area contributed by atoms with Crippen LogP contribution in [0.2, 0.25) is 0 Å². The molecule has 2 heterocycles. The maximum absolute atomic E-state index is 2.41. The molecule has 24 aromatic rings. The van der Waals surface area contributed by atoms with Crippen LogP contribution in [0.5, 0.6) is 0 Å². The van der Waals surface area contributed by atoms with Crippen molar-refractivity contribution in [2.24, 2.45) is 0 Å². The fourth-order valence-electron chi connectivity index (χ4n) is 19.8. The molecule has 4 heteroatoms. The van der Waals surface area contributed by atoms with Crippen molar-refractivity contribution in [2.75, 3.05) is 9.80 Å². The summed E-state index contributed by atoms with van der Waals surface area (Å²) >= 11 is 0. The Kier molecular flexibility index (Phi) is 17.3. The molecular formula is C118H80N4. The van der Waals surface area contributed by atoms with E-state index in [0.717, 1.165) is 45.5 Å². The highest BCUT2D eigenvalue weighted by Crippen LogP contribution is 2.52. The topological polar surface area (TPSA) is 16.3 Å². The third kappa shape index (κ3) is 12.0. The van der Waals surface area contributed by atoms with Gasteiger partial charge in [-0.3, -0.25) is 0 Å². The Labute approximate surface area is 707 Å². The molecule has 0 amide bonds. The van der Waals surface area contributed by atoms with Gasteiger partial charge in [0, 0.05) is 66.4 Å². The fraction of sp³-hybridized carbons (Fsp3) is 0.0169. The van der Waals surface area contributed by atoms with Gasteiger partial charge in [0.15, 0.2) is 0 Å². The molecule has 0 bridgehead atoms. The Bertz CT molecular complexity index is 8170. The van der Waals surface area contributed by atoms with Gasteiger partial charge in [0.1, 0.15) is 0 Å². The fourth-order valence-corrected chi connectivity index (χ4v) is 19.8. The highest BCUT2D eigenvalue weighted by atomic mass is 15.2. The van der Waals surface area contributed by atoms with Crippen LogP contribution in [-0.2, 0) is 0 Å². The van der Waals surface area contributed by atoms with Gasteiger partial charge in [-0.25, -0.2) is 0 Å². The summed E-state index contributed by atoms with van der Waals surface area (Å²) in [5, 5.41) is 24.9. The van der Waals surface area contributed by atoms with Gasteiger partial charge in [0.25, 0.3) is 0 Å². The summed E-state index contributed by atoms with van der Waals surface area (Å²) < 4.78 is 4.76. The quantitative estimate of drug-likeness (QED) is 0.113. The van der Waals surface area contributed by atoms with Crippen molar-refractivity contribution in [3.63, 3.8) is 0 Å². The number of para-hydroxylation sites is 6. The molecular weight excluding hydrogens is 1470 g/mol. The van der Waals surface area contributed by atoms with E-state index in [2.05, 4.69) is 482 Å². The van der Waals surface area contributed by atoms with E-state index >= 15 is 0 Å². The van der Waals surface area contributed by atoms with Crippen molar-refractivity contribution in [3.05, 3.63) is 460 Å². The summed E-state index contributed by atoms with van der Waals surface area (Å²) in [6.45, 7) is 4.41. The molecule has 0 saturated carbocycles. The predicted molar refractivity (Wildman–Crippen MR) is 522 cm³/mol. The zero-order valence-corrected chi connectivity index (χ0v) is 67.5. The first-order chi connectivity index (χ1) is 60.4. The van der Waals surface area contributed by atoms with E-state index in [1.54, 1.807) is 0 Å². The number of rotatable bonds is 12. The van der Waals surface area contributed by atoms with Gasteiger partial charge in [-0.05, 0) is 255 Å². The van der Waals surface area contributed by atoms with Crippen LogP contribution in [0.25, 0.3) is 186 Å². The van der Waals surface area contributed by atoms with Gasteiger partial charge >= 0.3 is 0 Å². The van der Waals surface area contributed by atoms with Gasteiger partial charge in [0.05, 0.1) is 33.4 Å². The minimum atomic E-state index is 1.10. The van der Waals surface area contributed by atoms with Crippen molar-refractivity contribution in [2.45, 2.75) is 13.8 Å². The highest BCUT2D eigenvalue weighted by molar-refractivity contribution is 6.27. The van der Waals surface area contributed by atoms with Crippen molar-refractivity contribution in [1.29, 1.82) is 0 Å². The average Bonchev–Trinajstić information content (AvgIpc) is 1.15. The smallest absolute Gasteiger partial charge is 0.0541 e. The lowest BCUT2D eigenvalue weighted by molar-refractivity contribution is 1.17. The van der Waals surface area contributed by atoms with Gasteiger partial charge in [-0.15, -0.1) is 0 Å². The normalized spacial score (nSPS) is 11.7. The first-order valence-corrected chi connectivity index (χ1v) is 42.2. The number of benzene rings is 22. The lowest BCUT2D eigenvalue weighted by Gasteiger charge is -2.28. The monoisotopic (exact) mass is 1550 g/mol. The summed E-state index contributed by atoms with van der Waals surface area (Å²) in [7, 11) is 0. The standard InChI is InChI=1S/2C59H40N2/c1-39-27-34-53-54(37-39)58(42-29-28-40-15-5-6-16-41(40)38-42)50-23-9-10-24-51(50)59(53)52-35-36-57(47-20-8-7-19-46(47)52)60(43-17-3-2-4-18-43)44-30-32-45(33-31-44)61-55-25-13-11-21-48(55)49-22-12-14-26-56(49)61;1-39-27-34-53-54(37-39)59(51-24-10-9-23-50(51)58(53)42-29-28-40-15-5-6-16-41(40)38-42)52-35-36-57(47-20-8-7-19-46(47)52)60(43-17-3-2-4-18-43)44-30-32-45(33-31-44)61-55-25-13-11-21-48(55)49-22-12-14-26-56(49)61/h2*2-38H,1H3. The number of anilines is 6. The second kappa shape index (κ2) is 29.6. The van der Waals surface area contributed by atoms with Gasteiger partial charge < -0.3 is 18.9 Å². The SMILES string of the molecule is Cc1ccc2c(-c3ccc(N(c4ccccc4)c4ccc(-n5c6ccccc6c6ccccc65)cc4)c4ccccc34)c3ccccc3c(-c3ccc4ccccc4c3)c2c1.Cc1ccc2c(-c3ccc4ccccc4c3)c3ccccc3c(-c3ccc(N(c4ccccc4)c4ccc(-n5c6ccccc6c6ccccc65)cc4)c4ccccc34)c2c1. The Balaban J connectivity index is 0.000000142. The van der Waals surface area contributed by atoms with Crippen molar-refractivity contribution in [1.82, 2.24) is 9.13 Å². The molecule has 22 aromatic carbocycles. The van der Waals surface area contributed by atoms with Crippen LogP contribution in [-0.4, -0.2) is 9.13 Å². The van der Waals surface area contributed by atoms with Gasteiger partial charge in [-0.2, -0.15) is 0 Å². The molecule has 0 aliphatic carbocycles. The molecule has 0 N–H and O–H groups in total. The summed E-state index contributed by atoms with van der Waals surface area (Å²) in [4.78, 5) is 4.81. The Morgan fingerprint density at radius 2 is 0.451 bits per heavy atom. The van der Waals surface area contributed by atoms with Crippen molar-refractivity contribution >= 4 is 164 Å². The van der Waals surface area contributed by atoms with Crippen molar-refractivity contribution in [3.8, 4) is 55.9 Å². The van der Waals surface area contributed by atoms with Gasteiger partial charge in [0.2, 0.25) is 0 Å². The predicted octanol–water partition coefficient (Wildman–Crippen LogP) is 33.0. The largest absolute Gasteiger partial charge is 0.310 e. The molecule has 0 unspecified atom stereocenters. The zero-order valence-electron chi connectivity index (χ0n) is 67.5. The van der Waals surface area contributed by atoms with E-state index < -0.39 is 0 Å². The average molecular weight is 1550 g/mol. The maximum atomic E-state index is 2.41. The van der Waals surface area contributed by atoms with Crippen LogP contribution < -0.4 is 9.80 Å². The van der Waals surface area contributed by atoms with Crippen LogP contribution >= 0.6 is 0 Å². The molecule has 572 valence electrons. The third-order valence-corrected chi connectivity index (χ3v) is 25.2. The van der Waals surface area contributed by atoms with Gasteiger partial charge in [-0.1, -0.05) is 339 Å². The minimum Gasteiger partial charge on any atom is -0.310 e. The Morgan fingerprint density at radius 1 is 0.172 bits per heavy atom. The van der Waals surface area contributed by atoms with E-state index in [-0.39, 0.29) is 0 Å². The number of hydrogen-bond donors (Lipinski definition) is 0. The summed E-state index contributed by atoms with van der Waals surface area (Å²) in [5.74, 6) is 0. The molecule has 0 aliphatic heterocycles. The van der Waals surface area contributed by atoms with Crippen molar-refractivity contribution < 1.29 is 0 Å². The second-order valence-electron chi connectivity index (χ2n) is 32.3. The number of fused-ring (bicyclic) bond motifs is 14. The molecule has 0 fully saturated rings. The van der Waals surface area contributed by atoms with E-state index in [9.17, 15) is 0 Å². The molecule has 0 aliphatic rings. The first kappa shape index (κ1) is 71.4. The van der Waals surface area contributed by atoms with Crippen LogP contribution in [0.3, 0.4) is 0 Å². The van der Waals surface area contributed by atoms with E-state index in [4.69, 9.17) is 0 Å². The van der Waals surface area contributed by atoms with E-state index in [1.165, 1.54) is 185 Å². The summed E-state index contributed by atoms with van der Waals surface area (Å²) in [5.41, 5.74) is 26.3. The Hall–Kier alpha value is -15.9. The number of hydrogen-bond acceptors (Lipinski definition) is 2. The first-order valence-electron chi connectivity index (χ1n) is 42.2.